The summed E-state index contributed by atoms with van der Waals surface area (Å²) >= 11 is 2.39. The summed E-state index contributed by atoms with van der Waals surface area (Å²) in [5, 5.41) is 4.18. The summed E-state index contributed by atoms with van der Waals surface area (Å²) in [6.45, 7) is 0.876. The van der Waals surface area contributed by atoms with Crippen LogP contribution in [0.3, 0.4) is 0 Å². The summed E-state index contributed by atoms with van der Waals surface area (Å²) in [7, 11) is 0. The zero-order chi connectivity index (χ0) is 29.3. The first-order valence-electron chi connectivity index (χ1n) is 14.3. The van der Waals surface area contributed by atoms with Crippen LogP contribution in [-0.2, 0) is 17.1 Å². The number of rotatable bonds is 8. The zero-order valence-electron chi connectivity index (χ0n) is 23.3. The number of aromatic nitrogens is 2. The second kappa shape index (κ2) is 12.0. The number of hydrogen-bond donors (Lipinski definition) is 0. The predicted molar refractivity (Wildman–Crippen MR) is 168 cm³/mol. The Kier molecular flexibility index (Phi) is 8.21. The highest BCUT2D eigenvalue weighted by Crippen LogP contribution is 2.45. The monoisotopic (exact) mass is 676 g/mol. The minimum atomic E-state index is -2.90. The number of hydrogen-bond acceptors (Lipinski definition) is 4. The third kappa shape index (κ3) is 5.89. The number of nitrogens with zero attached hydrogens (tertiary/aromatic N) is 2. The average molecular weight is 677 g/mol. The number of benzene rings is 3. The number of halogens is 3. The lowest BCUT2D eigenvalue weighted by atomic mass is 9.67. The fourth-order valence-corrected chi connectivity index (χ4v) is 7.01. The minimum absolute atomic E-state index is 0.0388. The van der Waals surface area contributed by atoms with Crippen LogP contribution >= 0.6 is 22.6 Å². The maximum absolute atomic E-state index is 14.2. The normalized spacial score (nSPS) is 19.2. The molecule has 1 heterocycles. The van der Waals surface area contributed by atoms with E-state index in [0.717, 1.165) is 52.9 Å². The van der Waals surface area contributed by atoms with Crippen LogP contribution in [0, 0.1) is 11.8 Å². The highest BCUT2D eigenvalue weighted by molar-refractivity contribution is 14.1. The largest absolute Gasteiger partial charge is 0.334 e. The van der Waals surface area contributed by atoms with Crippen molar-refractivity contribution in [2.24, 2.45) is 11.8 Å². The number of carbonyl (C=O) groups is 1. The van der Waals surface area contributed by atoms with E-state index in [1.807, 2.05) is 36.4 Å². The van der Waals surface area contributed by atoms with Crippen LogP contribution in [0.4, 0.5) is 8.78 Å². The number of carbonyl (C=O) groups excluding carboxylic acids is 1. The van der Waals surface area contributed by atoms with E-state index in [1.165, 1.54) is 17.7 Å². The van der Waals surface area contributed by atoms with Crippen molar-refractivity contribution in [3.63, 3.8) is 0 Å². The first-order valence-corrected chi connectivity index (χ1v) is 15.8. The van der Waals surface area contributed by atoms with Crippen LogP contribution in [0.5, 0.6) is 0 Å². The molecule has 214 valence electrons. The molecule has 6 rings (SSSR count). The van der Waals surface area contributed by atoms with Crippen molar-refractivity contribution in [2.75, 3.05) is 4.43 Å². The van der Waals surface area contributed by atoms with E-state index in [-0.39, 0.29) is 29.1 Å². The van der Waals surface area contributed by atoms with Crippen LogP contribution in [-0.4, -0.2) is 20.4 Å². The van der Waals surface area contributed by atoms with Crippen molar-refractivity contribution in [1.82, 2.24) is 10.1 Å². The standard InChI is InChI=1S/C35H31F2IN2O2/c1-35(36,37)28-15-13-25(14-16-28)34-39-30(40-42-34)19-22-12-17-29-26(18-22)20-27(21-38)32(33(29)41)31(23-8-4-2-5-9-23)24-10-6-3-7-11-24/h2-11,13-16,20,22,31-32H,12,17-19,21H2,1H3. The Hall–Kier alpha value is -3.46. The Morgan fingerprint density at radius 1 is 0.976 bits per heavy atom. The molecule has 2 unspecified atom stereocenters. The summed E-state index contributed by atoms with van der Waals surface area (Å²) in [5.74, 6) is -1.71. The minimum Gasteiger partial charge on any atom is -0.334 e. The van der Waals surface area contributed by atoms with E-state index in [1.54, 1.807) is 12.1 Å². The first-order chi connectivity index (χ1) is 20.3. The van der Waals surface area contributed by atoms with Gasteiger partial charge in [0.1, 0.15) is 0 Å². The molecule has 2 aliphatic carbocycles. The molecule has 0 radical (unpaired) electrons. The summed E-state index contributed by atoms with van der Waals surface area (Å²) in [4.78, 5) is 18.8. The van der Waals surface area contributed by atoms with Gasteiger partial charge in [-0.1, -0.05) is 107 Å². The van der Waals surface area contributed by atoms with E-state index in [2.05, 4.69) is 63.1 Å². The third-order valence-electron chi connectivity index (χ3n) is 8.42. The summed E-state index contributed by atoms with van der Waals surface area (Å²) < 4.78 is 33.4. The molecule has 0 saturated heterocycles. The number of allylic oxidation sites excluding steroid dienone is 4. The molecule has 1 aromatic heterocycles. The van der Waals surface area contributed by atoms with Crippen molar-refractivity contribution in [3.8, 4) is 11.5 Å². The SMILES string of the molecule is CC(F)(F)c1ccc(-c2nc(CC3CCC4=C(C=C(CI)C(C(c5ccccc5)c5ccccc5)C4=O)C3)no2)cc1. The van der Waals surface area contributed by atoms with Gasteiger partial charge in [0.25, 0.3) is 11.8 Å². The Bertz CT molecular complexity index is 1580. The van der Waals surface area contributed by atoms with Gasteiger partial charge in [-0.15, -0.1) is 0 Å². The topological polar surface area (TPSA) is 56.0 Å². The molecule has 0 bridgehead atoms. The lowest BCUT2D eigenvalue weighted by molar-refractivity contribution is -0.119. The molecular weight excluding hydrogens is 645 g/mol. The first kappa shape index (κ1) is 28.6. The maximum Gasteiger partial charge on any atom is 0.270 e. The Morgan fingerprint density at radius 3 is 2.21 bits per heavy atom. The quantitative estimate of drug-likeness (QED) is 0.138. The van der Waals surface area contributed by atoms with Crippen LogP contribution in [0.15, 0.2) is 112 Å². The van der Waals surface area contributed by atoms with E-state index >= 15 is 0 Å². The second-order valence-corrected chi connectivity index (χ2v) is 12.1. The van der Waals surface area contributed by atoms with E-state index in [4.69, 9.17) is 4.52 Å². The van der Waals surface area contributed by atoms with Crippen molar-refractivity contribution < 1.29 is 18.1 Å². The number of ketones is 1. The molecule has 0 N–H and O–H groups in total. The van der Waals surface area contributed by atoms with Crippen LogP contribution in [0.25, 0.3) is 11.5 Å². The van der Waals surface area contributed by atoms with Gasteiger partial charge in [0.15, 0.2) is 11.6 Å². The van der Waals surface area contributed by atoms with Gasteiger partial charge >= 0.3 is 0 Å². The van der Waals surface area contributed by atoms with Crippen molar-refractivity contribution in [1.29, 1.82) is 0 Å². The van der Waals surface area contributed by atoms with E-state index < -0.39 is 5.92 Å². The Morgan fingerprint density at radius 2 is 1.62 bits per heavy atom. The van der Waals surface area contributed by atoms with Gasteiger partial charge in [0.05, 0.1) is 5.92 Å². The molecule has 0 spiro atoms. The van der Waals surface area contributed by atoms with E-state index in [9.17, 15) is 13.6 Å². The molecular formula is C35H31F2IN2O2. The molecule has 4 nitrogen and oxygen atoms in total. The van der Waals surface area contributed by atoms with Gasteiger partial charge in [0, 0.05) is 34.8 Å². The highest BCUT2D eigenvalue weighted by atomic mass is 127. The van der Waals surface area contributed by atoms with Gasteiger partial charge in [-0.3, -0.25) is 4.79 Å². The van der Waals surface area contributed by atoms with Gasteiger partial charge in [-0.2, -0.15) is 4.98 Å². The van der Waals surface area contributed by atoms with Crippen LogP contribution < -0.4 is 0 Å². The van der Waals surface area contributed by atoms with Gasteiger partial charge in [0.2, 0.25) is 0 Å². The maximum atomic E-state index is 14.2. The smallest absolute Gasteiger partial charge is 0.270 e. The molecule has 0 aliphatic heterocycles. The highest BCUT2D eigenvalue weighted by Gasteiger charge is 2.40. The fourth-order valence-electron chi connectivity index (χ4n) is 6.32. The van der Waals surface area contributed by atoms with Crippen molar-refractivity contribution in [3.05, 3.63) is 130 Å². The number of alkyl halides is 3. The zero-order valence-corrected chi connectivity index (χ0v) is 25.4. The van der Waals surface area contributed by atoms with E-state index in [0.29, 0.717) is 23.7 Å². The van der Waals surface area contributed by atoms with Gasteiger partial charge in [-0.25, -0.2) is 8.78 Å². The second-order valence-electron chi connectivity index (χ2n) is 11.3. The Balaban J connectivity index is 1.21. The lowest BCUT2D eigenvalue weighted by Gasteiger charge is -2.36. The predicted octanol–water partition coefficient (Wildman–Crippen LogP) is 8.88. The number of Topliss-reactive ketones (excluding diaryl/α,β-unsaturated/α-hetero) is 1. The molecule has 0 fully saturated rings. The lowest BCUT2D eigenvalue weighted by Crippen LogP contribution is -2.32. The molecule has 3 aromatic carbocycles. The fraction of sp³-hybridized carbons (Fsp3) is 0.286. The van der Waals surface area contributed by atoms with Crippen LogP contribution in [0.1, 0.15) is 54.6 Å². The Labute approximate surface area is 258 Å². The van der Waals surface area contributed by atoms with Gasteiger partial charge < -0.3 is 4.52 Å². The molecule has 0 saturated carbocycles. The molecule has 0 amide bonds. The van der Waals surface area contributed by atoms with Crippen molar-refractivity contribution >= 4 is 28.4 Å². The average Bonchev–Trinajstić information content (AvgIpc) is 3.47. The molecule has 2 aliphatic rings. The summed E-state index contributed by atoms with van der Waals surface area (Å²) in [6.07, 6.45) is 5.31. The molecule has 2 atom stereocenters. The van der Waals surface area contributed by atoms with Gasteiger partial charge in [-0.05, 0) is 65.2 Å². The summed E-state index contributed by atoms with van der Waals surface area (Å²) in [6, 6.07) is 26.7. The van der Waals surface area contributed by atoms with Crippen molar-refractivity contribution in [2.45, 2.75) is 44.4 Å². The molecule has 42 heavy (non-hydrogen) atoms. The third-order valence-corrected chi connectivity index (χ3v) is 9.30. The molecule has 7 heteroatoms. The van der Waals surface area contributed by atoms with Crippen LogP contribution in [0.2, 0.25) is 0 Å². The molecule has 4 aromatic rings. The summed E-state index contributed by atoms with van der Waals surface area (Å²) in [5.41, 5.74) is 6.13.